The Kier molecular flexibility index (Phi) is 2.60. The van der Waals surface area contributed by atoms with E-state index in [0.29, 0.717) is 6.92 Å². The number of alkyl halides is 2. The third-order valence-electron chi connectivity index (χ3n) is 1.31. The lowest BCUT2D eigenvalue weighted by atomic mass is 10.3. The maximum Gasteiger partial charge on any atom is 0.382 e. The van der Waals surface area contributed by atoms with Gasteiger partial charge in [0.05, 0.1) is 0 Å². The topological polar surface area (TPSA) is 26.3 Å². The van der Waals surface area contributed by atoms with Gasteiger partial charge in [-0.2, -0.15) is 8.78 Å². The molecule has 0 unspecified atom stereocenters. The molecule has 2 nitrogen and oxygen atoms in total. The Hall–Kier alpha value is -1.45. The van der Waals surface area contributed by atoms with Crippen molar-refractivity contribution in [3.63, 3.8) is 0 Å². The second-order valence-electron chi connectivity index (χ2n) is 2.59. The standard InChI is InChI=1S/C9H8F2O2/c1-9(10,11)8(12)13-7-5-3-2-4-6-7/h2-6H,1H3. The van der Waals surface area contributed by atoms with Gasteiger partial charge in [0.2, 0.25) is 0 Å². The summed E-state index contributed by atoms with van der Waals surface area (Å²) in [7, 11) is 0. The van der Waals surface area contributed by atoms with E-state index >= 15 is 0 Å². The average Bonchev–Trinajstić information content (AvgIpc) is 2.04. The number of benzene rings is 1. The molecule has 0 bridgehead atoms. The van der Waals surface area contributed by atoms with E-state index in [1.165, 1.54) is 12.1 Å². The lowest BCUT2D eigenvalue weighted by Gasteiger charge is -2.08. The van der Waals surface area contributed by atoms with Crippen LogP contribution in [0.25, 0.3) is 0 Å². The fraction of sp³-hybridized carbons (Fsp3) is 0.222. The predicted octanol–water partition coefficient (Wildman–Crippen LogP) is 2.25. The maximum absolute atomic E-state index is 12.3. The second-order valence-corrected chi connectivity index (χ2v) is 2.59. The minimum absolute atomic E-state index is 0.119. The van der Waals surface area contributed by atoms with E-state index in [1.54, 1.807) is 18.2 Å². The molecule has 13 heavy (non-hydrogen) atoms. The van der Waals surface area contributed by atoms with Crippen LogP contribution in [0.5, 0.6) is 5.75 Å². The zero-order chi connectivity index (χ0) is 9.90. The molecule has 70 valence electrons. The van der Waals surface area contributed by atoms with Crippen LogP contribution in [-0.2, 0) is 4.79 Å². The van der Waals surface area contributed by atoms with Crippen molar-refractivity contribution in [2.45, 2.75) is 12.8 Å². The Labute approximate surface area is 74.1 Å². The SMILES string of the molecule is CC(F)(F)C(=O)Oc1ccccc1. The van der Waals surface area contributed by atoms with Crippen LogP contribution >= 0.6 is 0 Å². The Morgan fingerprint density at radius 2 is 1.85 bits per heavy atom. The minimum atomic E-state index is -3.45. The van der Waals surface area contributed by atoms with Crippen LogP contribution < -0.4 is 4.74 Å². The highest BCUT2D eigenvalue weighted by Crippen LogP contribution is 2.17. The molecule has 0 radical (unpaired) electrons. The summed E-state index contributed by atoms with van der Waals surface area (Å²) in [5.74, 6) is -4.87. The fourth-order valence-electron chi connectivity index (χ4n) is 0.685. The molecule has 0 aliphatic rings. The van der Waals surface area contributed by atoms with E-state index in [2.05, 4.69) is 4.74 Å². The number of hydrogen-bond donors (Lipinski definition) is 0. The third-order valence-corrected chi connectivity index (χ3v) is 1.31. The van der Waals surface area contributed by atoms with Gasteiger partial charge in [-0.3, -0.25) is 0 Å². The van der Waals surface area contributed by atoms with Gasteiger partial charge < -0.3 is 4.74 Å². The zero-order valence-corrected chi connectivity index (χ0v) is 6.96. The van der Waals surface area contributed by atoms with E-state index in [0.717, 1.165) is 0 Å². The largest absolute Gasteiger partial charge is 0.422 e. The molecule has 1 aromatic carbocycles. The summed E-state index contributed by atoms with van der Waals surface area (Å²) in [5.41, 5.74) is 0. The van der Waals surface area contributed by atoms with Gasteiger partial charge in [-0.25, -0.2) is 4.79 Å². The van der Waals surface area contributed by atoms with Crippen molar-refractivity contribution in [2.75, 3.05) is 0 Å². The van der Waals surface area contributed by atoms with E-state index in [-0.39, 0.29) is 5.75 Å². The Bertz CT molecular complexity index is 290. The summed E-state index contributed by atoms with van der Waals surface area (Å²) in [6, 6.07) is 7.75. The summed E-state index contributed by atoms with van der Waals surface area (Å²) >= 11 is 0. The molecule has 1 rings (SSSR count). The van der Waals surface area contributed by atoms with E-state index < -0.39 is 11.9 Å². The number of halogens is 2. The summed E-state index contributed by atoms with van der Waals surface area (Å²) in [6.45, 7) is 0.498. The van der Waals surface area contributed by atoms with Crippen molar-refractivity contribution >= 4 is 5.97 Å². The number of para-hydroxylation sites is 1. The summed E-state index contributed by atoms with van der Waals surface area (Å²) in [5, 5.41) is 0. The number of ether oxygens (including phenoxy) is 1. The third kappa shape index (κ3) is 2.82. The number of carbonyl (C=O) groups excluding carboxylic acids is 1. The predicted molar refractivity (Wildman–Crippen MR) is 42.7 cm³/mol. The summed E-state index contributed by atoms with van der Waals surface area (Å²) in [6.07, 6.45) is 0. The highest BCUT2D eigenvalue weighted by molar-refractivity contribution is 5.79. The Morgan fingerprint density at radius 1 is 1.31 bits per heavy atom. The van der Waals surface area contributed by atoms with Crippen molar-refractivity contribution in [1.29, 1.82) is 0 Å². The summed E-state index contributed by atoms with van der Waals surface area (Å²) < 4.78 is 29.0. The van der Waals surface area contributed by atoms with E-state index in [4.69, 9.17) is 0 Å². The van der Waals surface area contributed by atoms with Gasteiger partial charge in [0.25, 0.3) is 0 Å². The summed E-state index contributed by atoms with van der Waals surface area (Å²) in [4.78, 5) is 10.7. The maximum atomic E-state index is 12.3. The monoisotopic (exact) mass is 186 g/mol. The quantitative estimate of drug-likeness (QED) is 0.523. The van der Waals surface area contributed by atoms with Gasteiger partial charge in [0.1, 0.15) is 5.75 Å². The Morgan fingerprint density at radius 3 is 2.31 bits per heavy atom. The molecule has 1 aromatic rings. The van der Waals surface area contributed by atoms with Crippen LogP contribution in [0.15, 0.2) is 30.3 Å². The fourth-order valence-corrected chi connectivity index (χ4v) is 0.685. The van der Waals surface area contributed by atoms with Gasteiger partial charge in [-0.15, -0.1) is 0 Å². The van der Waals surface area contributed by atoms with Gasteiger partial charge in [0, 0.05) is 6.92 Å². The molecule has 0 aliphatic carbocycles. The van der Waals surface area contributed by atoms with Crippen LogP contribution in [0, 0.1) is 0 Å². The molecule has 0 N–H and O–H groups in total. The molecule has 0 amide bonds. The first kappa shape index (κ1) is 9.64. The molecule has 0 atom stereocenters. The van der Waals surface area contributed by atoms with Crippen molar-refractivity contribution < 1.29 is 18.3 Å². The molecule has 0 saturated carbocycles. The average molecular weight is 186 g/mol. The molecule has 4 heteroatoms. The first-order valence-corrected chi connectivity index (χ1v) is 3.65. The Balaban J connectivity index is 2.66. The lowest BCUT2D eigenvalue weighted by Crippen LogP contribution is -2.29. The van der Waals surface area contributed by atoms with Gasteiger partial charge in [-0.05, 0) is 12.1 Å². The second kappa shape index (κ2) is 3.51. The van der Waals surface area contributed by atoms with E-state index in [1.807, 2.05) is 0 Å². The van der Waals surface area contributed by atoms with Crippen molar-refractivity contribution in [2.24, 2.45) is 0 Å². The zero-order valence-electron chi connectivity index (χ0n) is 6.96. The van der Waals surface area contributed by atoms with Crippen LogP contribution in [-0.4, -0.2) is 11.9 Å². The number of carbonyl (C=O) groups is 1. The van der Waals surface area contributed by atoms with Gasteiger partial charge in [0.15, 0.2) is 0 Å². The lowest BCUT2D eigenvalue weighted by molar-refractivity contribution is -0.158. The molecule has 0 fully saturated rings. The van der Waals surface area contributed by atoms with Crippen LogP contribution in [0.4, 0.5) is 8.78 Å². The first-order chi connectivity index (χ1) is 6.00. The number of hydrogen-bond acceptors (Lipinski definition) is 2. The highest BCUT2D eigenvalue weighted by Gasteiger charge is 2.34. The van der Waals surface area contributed by atoms with Crippen LogP contribution in [0.1, 0.15) is 6.92 Å². The molecule has 0 aromatic heterocycles. The van der Waals surface area contributed by atoms with E-state index in [9.17, 15) is 13.6 Å². The van der Waals surface area contributed by atoms with Crippen molar-refractivity contribution in [3.8, 4) is 5.75 Å². The first-order valence-electron chi connectivity index (χ1n) is 3.65. The van der Waals surface area contributed by atoms with Crippen LogP contribution in [0.3, 0.4) is 0 Å². The molecular weight excluding hydrogens is 178 g/mol. The smallest absolute Gasteiger partial charge is 0.382 e. The van der Waals surface area contributed by atoms with Crippen molar-refractivity contribution in [3.05, 3.63) is 30.3 Å². The minimum Gasteiger partial charge on any atom is -0.422 e. The van der Waals surface area contributed by atoms with Crippen LogP contribution in [0.2, 0.25) is 0 Å². The number of esters is 1. The molecule has 0 heterocycles. The molecular formula is C9H8F2O2. The molecule has 0 aliphatic heterocycles. The van der Waals surface area contributed by atoms with Gasteiger partial charge in [-0.1, -0.05) is 18.2 Å². The highest BCUT2D eigenvalue weighted by atomic mass is 19.3. The van der Waals surface area contributed by atoms with Crippen molar-refractivity contribution in [1.82, 2.24) is 0 Å². The molecule has 0 spiro atoms. The normalized spacial score (nSPS) is 11.0. The molecule has 0 saturated heterocycles. The van der Waals surface area contributed by atoms with Gasteiger partial charge >= 0.3 is 11.9 Å². The number of rotatable bonds is 2.